The average Bonchev–Trinajstić information content (AvgIpc) is 2.87. The van der Waals surface area contributed by atoms with E-state index < -0.39 is 42.4 Å². The number of nitrogen functional groups attached to an aromatic ring is 1. The third kappa shape index (κ3) is 1.87. The summed E-state index contributed by atoms with van der Waals surface area (Å²) in [6.07, 6.45) is -5.20. The molecular weight excluding hydrogens is 298 g/mol. The van der Waals surface area contributed by atoms with Crippen LogP contribution in [0.4, 0.5) is 5.95 Å². The molecule has 22 heavy (non-hydrogen) atoms. The molecule has 2 aromatic rings. The number of nitrogens with two attached hydrogens (primary N) is 1. The van der Waals surface area contributed by atoms with E-state index in [1.807, 2.05) is 0 Å². The van der Waals surface area contributed by atoms with Crippen molar-refractivity contribution >= 4 is 17.1 Å². The molecule has 0 aromatic carbocycles. The lowest BCUT2D eigenvalue weighted by molar-refractivity contribution is -0.0527. The highest BCUT2D eigenvalue weighted by atomic mass is 16.6. The Bertz CT molecular complexity index is 838. The number of fused-ring (bicyclic) bond motifs is 1. The summed E-state index contributed by atoms with van der Waals surface area (Å²) in [5, 5.41) is 29.0. The van der Waals surface area contributed by atoms with Crippen molar-refractivity contribution in [2.75, 3.05) is 12.3 Å². The van der Waals surface area contributed by atoms with E-state index in [0.29, 0.717) is 0 Å². The molecule has 2 unspecified atom stereocenters. The van der Waals surface area contributed by atoms with Gasteiger partial charge in [-0.2, -0.15) is 4.98 Å². The second-order valence-electron chi connectivity index (χ2n) is 5.06. The number of hydrogen-bond donors (Lipinski definition) is 5. The van der Waals surface area contributed by atoms with Crippen molar-refractivity contribution in [3.05, 3.63) is 20.8 Å². The number of imidazole rings is 1. The first-order valence-corrected chi connectivity index (χ1v) is 6.46. The van der Waals surface area contributed by atoms with E-state index in [1.165, 1.54) is 7.05 Å². The minimum absolute atomic E-state index is 0.0445. The first-order chi connectivity index (χ1) is 10.4. The average molecular weight is 313 g/mol. The van der Waals surface area contributed by atoms with Crippen LogP contribution in [-0.2, 0) is 11.8 Å². The van der Waals surface area contributed by atoms with Crippen molar-refractivity contribution in [3.8, 4) is 0 Å². The number of hydrogen-bond acceptors (Lipinski definition) is 8. The van der Waals surface area contributed by atoms with Crippen LogP contribution in [0, 0.1) is 0 Å². The van der Waals surface area contributed by atoms with Crippen LogP contribution in [0.25, 0.3) is 11.2 Å². The fourth-order valence-corrected chi connectivity index (χ4v) is 2.61. The zero-order valence-corrected chi connectivity index (χ0v) is 11.5. The second-order valence-corrected chi connectivity index (χ2v) is 5.06. The van der Waals surface area contributed by atoms with Crippen molar-refractivity contribution in [2.45, 2.75) is 24.5 Å². The number of aliphatic hydroxyl groups is 3. The van der Waals surface area contributed by atoms with Crippen molar-refractivity contribution < 1.29 is 20.1 Å². The van der Waals surface area contributed by atoms with Gasteiger partial charge >= 0.3 is 5.69 Å². The van der Waals surface area contributed by atoms with Crippen LogP contribution in [0.5, 0.6) is 0 Å². The van der Waals surface area contributed by atoms with E-state index in [1.54, 1.807) is 0 Å². The van der Waals surface area contributed by atoms with Crippen LogP contribution >= 0.6 is 0 Å². The quantitative estimate of drug-likeness (QED) is 0.382. The predicted molar refractivity (Wildman–Crippen MR) is 73.0 cm³/mol. The van der Waals surface area contributed by atoms with Crippen LogP contribution in [0.3, 0.4) is 0 Å². The molecule has 0 radical (unpaired) electrons. The van der Waals surface area contributed by atoms with E-state index in [0.717, 1.165) is 9.13 Å². The number of H-pyrrole nitrogens is 1. The first-order valence-electron chi connectivity index (χ1n) is 6.46. The van der Waals surface area contributed by atoms with Crippen molar-refractivity contribution in [1.29, 1.82) is 0 Å². The number of aromatic amines is 1. The molecule has 0 amide bonds. The SMILES string of the molecule is Cn1c(=O)n(C2OC(CO)[C@@H](O)[C@H]2O)c2nc(N)[nH]c(=O)c21. The summed E-state index contributed by atoms with van der Waals surface area (Å²) in [4.78, 5) is 30.4. The predicted octanol–water partition coefficient (Wildman–Crippen LogP) is -3.38. The molecular formula is C11H15N5O6. The molecule has 1 saturated heterocycles. The van der Waals surface area contributed by atoms with Crippen molar-refractivity contribution in [1.82, 2.24) is 19.1 Å². The lowest BCUT2D eigenvalue weighted by Gasteiger charge is -2.15. The van der Waals surface area contributed by atoms with Crippen molar-refractivity contribution in [2.24, 2.45) is 7.05 Å². The number of rotatable bonds is 2. The minimum Gasteiger partial charge on any atom is -0.394 e. The summed E-state index contributed by atoms with van der Waals surface area (Å²) in [6, 6.07) is 0. The number of aromatic nitrogens is 4. The van der Waals surface area contributed by atoms with Gasteiger partial charge in [0.1, 0.15) is 18.3 Å². The summed E-state index contributed by atoms with van der Waals surface area (Å²) in [5.74, 6) is -0.205. The van der Waals surface area contributed by atoms with Gasteiger partial charge in [-0.25, -0.2) is 9.36 Å². The number of anilines is 1. The lowest BCUT2D eigenvalue weighted by atomic mass is 10.1. The molecule has 1 aliphatic heterocycles. The van der Waals surface area contributed by atoms with Crippen LogP contribution in [-0.4, -0.2) is 59.3 Å². The zero-order valence-electron chi connectivity index (χ0n) is 11.5. The molecule has 0 spiro atoms. The van der Waals surface area contributed by atoms with Gasteiger partial charge in [-0.3, -0.25) is 14.3 Å². The number of nitrogens with zero attached hydrogens (tertiary/aromatic N) is 3. The molecule has 0 bridgehead atoms. The van der Waals surface area contributed by atoms with E-state index in [4.69, 9.17) is 15.6 Å². The Kier molecular flexibility index (Phi) is 3.29. The number of aliphatic hydroxyl groups excluding tert-OH is 3. The van der Waals surface area contributed by atoms with Crippen LogP contribution < -0.4 is 17.0 Å². The molecule has 3 heterocycles. The van der Waals surface area contributed by atoms with Gasteiger partial charge < -0.3 is 25.8 Å². The minimum atomic E-state index is -1.47. The largest absolute Gasteiger partial charge is 0.394 e. The van der Waals surface area contributed by atoms with E-state index >= 15 is 0 Å². The molecule has 120 valence electrons. The van der Waals surface area contributed by atoms with E-state index in [-0.39, 0.29) is 17.1 Å². The second kappa shape index (κ2) is 4.91. The highest BCUT2D eigenvalue weighted by Gasteiger charge is 2.45. The monoisotopic (exact) mass is 313 g/mol. The Labute approximate surface area is 122 Å². The highest BCUT2D eigenvalue weighted by Crippen LogP contribution is 2.29. The van der Waals surface area contributed by atoms with Crippen LogP contribution in [0.15, 0.2) is 9.59 Å². The number of aryl methyl sites for hydroxylation is 1. The van der Waals surface area contributed by atoms with Gasteiger partial charge in [-0.05, 0) is 0 Å². The Morgan fingerprint density at radius 1 is 1.36 bits per heavy atom. The summed E-state index contributed by atoms with van der Waals surface area (Å²) in [7, 11) is 1.36. The first kappa shape index (κ1) is 14.7. The maximum atomic E-state index is 12.3. The van der Waals surface area contributed by atoms with Gasteiger partial charge in [-0.1, -0.05) is 0 Å². The molecule has 0 aliphatic carbocycles. The lowest BCUT2D eigenvalue weighted by Crippen LogP contribution is -2.35. The topological polar surface area (TPSA) is 169 Å². The standard InChI is InChI=1S/C11H15N5O6/c1-15-4-7(13-10(12)14-8(4)20)16(11(15)21)9-6(19)5(18)3(2-17)22-9/h3,5-6,9,17-19H,2H2,1H3,(H3,12,13,14,20)/t3?,5-,6-,9?/m1/s1. The molecule has 4 atom stereocenters. The summed E-state index contributed by atoms with van der Waals surface area (Å²) in [6.45, 7) is -0.537. The van der Waals surface area contributed by atoms with Gasteiger partial charge in [0, 0.05) is 7.05 Å². The molecule has 1 fully saturated rings. The molecule has 1 aliphatic rings. The summed E-state index contributed by atoms with van der Waals surface area (Å²) >= 11 is 0. The van der Waals surface area contributed by atoms with Crippen LogP contribution in [0.1, 0.15) is 6.23 Å². The van der Waals surface area contributed by atoms with Crippen molar-refractivity contribution in [3.63, 3.8) is 0 Å². The van der Waals surface area contributed by atoms with E-state index in [2.05, 4.69) is 9.97 Å². The normalized spacial score (nSPS) is 28.5. The molecule has 6 N–H and O–H groups in total. The maximum Gasteiger partial charge on any atom is 0.332 e. The Morgan fingerprint density at radius 2 is 2.05 bits per heavy atom. The van der Waals surface area contributed by atoms with Gasteiger partial charge in [0.05, 0.1) is 6.61 Å². The van der Waals surface area contributed by atoms with Gasteiger partial charge in [-0.15, -0.1) is 0 Å². The summed E-state index contributed by atoms with van der Waals surface area (Å²) < 4.78 is 7.28. The maximum absolute atomic E-state index is 12.3. The molecule has 0 saturated carbocycles. The zero-order chi connectivity index (χ0) is 16.2. The Hall–Kier alpha value is -2.21. The van der Waals surface area contributed by atoms with Gasteiger partial charge in [0.25, 0.3) is 5.56 Å². The van der Waals surface area contributed by atoms with Gasteiger partial charge in [0.2, 0.25) is 5.95 Å². The van der Waals surface area contributed by atoms with Gasteiger partial charge in [0.15, 0.2) is 17.4 Å². The Balaban J connectivity index is 2.26. The number of ether oxygens (including phenoxy) is 1. The van der Waals surface area contributed by atoms with Crippen LogP contribution in [0.2, 0.25) is 0 Å². The fourth-order valence-electron chi connectivity index (χ4n) is 2.61. The third-order valence-electron chi connectivity index (χ3n) is 3.72. The fraction of sp³-hybridized carbons (Fsp3) is 0.545. The smallest absolute Gasteiger partial charge is 0.332 e. The molecule has 11 nitrogen and oxygen atoms in total. The number of nitrogens with one attached hydrogen (secondary N) is 1. The molecule has 2 aromatic heterocycles. The third-order valence-corrected chi connectivity index (χ3v) is 3.72. The highest BCUT2D eigenvalue weighted by molar-refractivity contribution is 5.71. The summed E-state index contributed by atoms with van der Waals surface area (Å²) in [5.41, 5.74) is 4.07. The van der Waals surface area contributed by atoms with E-state index in [9.17, 15) is 19.8 Å². The molecule has 11 heteroatoms. The molecule has 3 rings (SSSR count). The Morgan fingerprint density at radius 3 is 2.64 bits per heavy atom.